The highest BCUT2D eigenvalue weighted by Crippen LogP contribution is 2.46. The van der Waals surface area contributed by atoms with E-state index in [4.69, 9.17) is 15.2 Å². The molecule has 0 saturated carbocycles. The molecule has 0 aromatic heterocycles. The molecule has 170 valence electrons. The maximum absolute atomic E-state index is 10.6. The molecule has 33 heavy (non-hydrogen) atoms. The molecular formula is C27H27NO5. The summed E-state index contributed by atoms with van der Waals surface area (Å²) in [7, 11) is 1.64. The molecule has 5 rings (SSSR count). The minimum absolute atomic E-state index is 0.429. The van der Waals surface area contributed by atoms with Crippen LogP contribution in [0.15, 0.2) is 72.8 Å². The fourth-order valence-corrected chi connectivity index (χ4v) is 4.90. The van der Waals surface area contributed by atoms with E-state index in [0.29, 0.717) is 5.75 Å². The Morgan fingerprint density at radius 1 is 0.818 bits per heavy atom. The first-order chi connectivity index (χ1) is 16.0. The van der Waals surface area contributed by atoms with E-state index in [1.54, 1.807) is 7.11 Å². The highest BCUT2D eigenvalue weighted by Gasteiger charge is 2.44. The highest BCUT2D eigenvalue weighted by atomic mass is 16.5. The molecule has 1 fully saturated rings. The van der Waals surface area contributed by atoms with Gasteiger partial charge in [0.15, 0.2) is 0 Å². The number of fused-ring (bicyclic) bond motifs is 2. The molecule has 0 amide bonds. The Labute approximate surface area is 191 Å². The number of nitrogens with two attached hydrogens (primary N) is 1. The molecule has 0 unspecified atom stereocenters. The molecule has 1 aliphatic heterocycles. The van der Waals surface area contributed by atoms with E-state index >= 15 is 0 Å². The van der Waals surface area contributed by atoms with Crippen molar-refractivity contribution in [3.63, 3.8) is 0 Å². The first kappa shape index (κ1) is 21.8. The van der Waals surface area contributed by atoms with E-state index < -0.39 is 37.1 Å². The number of methoxy groups -OCH3 is 1. The topological polar surface area (TPSA) is 105 Å². The first-order valence-corrected chi connectivity index (χ1v) is 11.0. The Balaban J connectivity index is 1.84. The van der Waals surface area contributed by atoms with Crippen LogP contribution in [-0.4, -0.2) is 53.4 Å². The number of aliphatic hydroxyl groups is 3. The van der Waals surface area contributed by atoms with Crippen LogP contribution in [0.4, 0.5) is 0 Å². The van der Waals surface area contributed by atoms with Gasteiger partial charge in [0.25, 0.3) is 0 Å². The molecule has 1 heterocycles. The van der Waals surface area contributed by atoms with Crippen molar-refractivity contribution in [3.8, 4) is 16.9 Å². The smallest absolute Gasteiger partial charge is 0.127 e. The second-order valence-corrected chi connectivity index (χ2v) is 8.45. The van der Waals surface area contributed by atoms with Crippen molar-refractivity contribution in [1.82, 2.24) is 0 Å². The van der Waals surface area contributed by atoms with Gasteiger partial charge in [0.1, 0.15) is 30.2 Å². The predicted molar refractivity (Wildman–Crippen MR) is 128 cm³/mol. The summed E-state index contributed by atoms with van der Waals surface area (Å²) in [4.78, 5) is 0. The van der Waals surface area contributed by atoms with Gasteiger partial charge in [-0.3, -0.25) is 0 Å². The Hall–Kier alpha value is -3.00. The second-order valence-electron chi connectivity index (χ2n) is 8.45. The average molecular weight is 446 g/mol. The second kappa shape index (κ2) is 8.74. The van der Waals surface area contributed by atoms with Crippen molar-refractivity contribution in [2.75, 3.05) is 13.7 Å². The Morgan fingerprint density at radius 3 is 2.06 bits per heavy atom. The van der Waals surface area contributed by atoms with Crippen molar-refractivity contribution in [1.29, 1.82) is 0 Å². The van der Waals surface area contributed by atoms with Crippen LogP contribution in [0.25, 0.3) is 32.7 Å². The van der Waals surface area contributed by atoms with Gasteiger partial charge in [-0.05, 0) is 38.7 Å². The summed E-state index contributed by atoms with van der Waals surface area (Å²) < 4.78 is 11.9. The van der Waals surface area contributed by atoms with Crippen LogP contribution in [-0.2, 0) is 4.74 Å². The number of benzene rings is 4. The fourth-order valence-electron chi connectivity index (χ4n) is 4.90. The minimum atomic E-state index is -1.27. The zero-order valence-electron chi connectivity index (χ0n) is 18.3. The maximum atomic E-state index is 10.6. The number of rotatable bonds is 4. The van der Waals surface area contributed by atoms with Gasteiger partial charge in [0.2, 0.25) is 0 Å². The minimum Gasteiger partial charge on any atom is -0.496 e. The first-order valence-electron chi connectivity index (χ1n) is 11.0. The van der Waals surface area contributed by atoms with E-state index in [1.807, 2.05) is 66.7 Å². The lowest BCUT2D eigenvalue weighted by Crippen LogP contribution is -2.58. The molecule has 6 heteroatoms. The monoisotopic (exact) mass is 445 g/mol. The molecule has 1 saturated heterocycles. The SMILES string of the molecule is COc1ccc2ccccc2c1-c1c([C@H]2O[C@H](CO)[C@@H](O)[C@H](O)[C@H]2N)ccc2ccccc12. The summed E-state index contributed by atoms with van der Waals surface area (Å²) in [5, 5.41) is 34.8. The summed E-state index contributed by atoms with van der Waals surface area (Å²) in [5.41, 5.74) is 8.95. The lowest BCUT2D eigenvalue weighted by Gasteiger charge is -2.41. The van der Waals surface area contributed by atoms with Gasteiger partial charge in [0, 0.05) is 5.56 Å². The maximum Gasteiger partial charge on any atom is 0.127 e. The van der Waals surface area contributed by atoms with Crippen LogP contribution in [0.5, 0.6) is 5.75 Å². The molecule has 5 N–H and O–H groups in total. The van der Waals surface area contributed by atoms with Crippen LogP contribution >= 0.6 is 0 Å². The summed E-state index contributed by atoms with van der Waals surface area (Å²) in [5.74, 6) is 0.704. The van der Waals surface area contributed by atoms with E-state index in [-0.39, 0.29) is 0 Å². The molecule has 1 aliphatic rings. The van der Waals surface area contributed by atoms with Crippen molar-refractivity contribution >= 4 is 21.5 Å². The molecule has 6 nitrogen and oxygen atoms in total. The van der Waals surface area contributed by atoms with Crippen molar-refractivity contribution in [2.24, 2.45) is 5.73 Å². The predicted octanol–water partition coefficient (Wildman–Crippen LogP) is 3.15. The van der Waals surface area contributed by atoms with Gasteiger partial charge in [-0.25, -0.2) is 0 Å². The summed E-state index contributed by atoms with van der Waals surface area (Å²) in [6.45, 7) is -0.429. The van der Waals surface area contributed by atoms with Crippen LogP contribution in [0, 0.1) is 0 Å². The number of hydrogen-bond donors (Lipinski definition) is 4. The van der Waals surface area contributed by atoms with Crippen LogP contribution < -0.4 is 10.5 Å². The summed E-state index contributed by atoms with van der Waals surface area (Å²) in [6.07, 6.45) is -4.20. The van der Waals surface area contributed by atoms with E-state index in [1.165, 1.54) is 0 Å². The van der Waals surface area contributed by atoms with Gasteiger partial charge in [-0.15, -0.1) is 0 Å². The lowest BCUT2D eigenvalue weighted by molar-refractivity contribution is -0.190. The van der Waals surface area contributed by atoms with Gasteiger partial charge < -0.3 is 30.5 Å². The molecule has 0 aliphatic carbocycles. The third kappa shape index (κ3) is 3.57. The molecule has 0 spiro atoms. The summed E-state index contributed by atoms with van der Waals surface area (Å²) >= 11 is 0. The number of aliphatic hydroxyl groups excluding tert-OH is 3. The molecular weight excluding hydrogens is 418 g/mol. The molecule has 4 aromatic rings. The summed E-state index contributed by atoms with van der Waals surface area (Å²) in [6, 6.07) is 23.1. The third-order valence-electron chi connectivity index (χ3n) is 6.60. The standard InChI is InChI=1S/C27H27NO5/c1-32-20-13-11-16-7-3-5-9-18(16)23(20)22-17-8-4-2-6-15(17)10-12-19(22)27-24(28)26(31)25(30)21(14-29)33-27/h2-13,21,24-27,29-31H,14,28H2,1H3/t21-,24-,25-,26-,27-/m1/s1. The average Bonchev–Trinajstić information content (AvgIpc) is 2.86. The van der Waals surface area contributed by atoms with E-state index in [0.717, 1.165) is 38.2 Å². The highest BCUT2D eigenvalue weighted by molar-refractivity contribution is 6.08. The zero-order valence-corrected chi connectivity index (χ0v) is 18.3. The van der Waals surface area contributed by atoms with Gasteiger partial charge >= 0.3 is 0 Å². The third-order valence-corrected chi connectivity index (χ3v) is 6.60. The Kier molecular flexibility index (Phi) is 5.78. The number of ether oxygens (including phenoxy) is 2. The molecule has 4 aromatic carbocycles. The molecule has 5 atom stereocenters. The Bertz CT molecular complexity index is 1300. The van der Waals surface area contributed by atoms with Gasteiger partial charge in [0.05, 0.1) is 19.8 Å². The van der Waals surface area contributed by atoms with Crippen molar-refractivity contribution in [3.05, 3.63) is 78.4 Å². The van der Waals surface area contributed by atoms with E-state index in [9.17, 15) is 15.3 Å². The number of hydrogen-bond acceptors (Lipinski definition) is 6. The Morgan fingerprint density at radius 2 is 1.42 bits per heavy atom. The van der Waals surface area contributed by atoms with Crippen molar-refractivity contribution in [2.45, 2.75) is 30.5 Å². The van der Waals surface area contributed by atoms with Gasteiger partial charge in [-0.1, -0.05) is 66.7 Å². The van der Waals surface area contributed by atoms with Crippen molar-refractivity contribution < 1.29 is 24.8 Å². The van der Waals surface area contributed by atoms with Crippen LogP contribution in [0.2, 0.25) is 0 Å². The molecule has 0 radical (unpaired) electrons. The quantitative estimate of drug-likeness (QED) is 0.385. The van der Waals surface area contributed by atoms with Crippen LogP contribution in [0.3, 0.4) is 0 Å². The molecule has 0 bridgehead atoms. The van der Waals surface area contributed by atoms with E-state index in [2.05, 4.69) is 6.07 Å². The van der Waals surface area contributed by atoms with Gasteiger partial charge in [-0.2, -0.15) is 0 Å². The normalized spacial score (nSPS) is 25.4. The van der Waals surface area contributed by atoms with Crippen LogP contribution in [0.1, 0.15) is 11.7 Å². The fraction of sp³-hybridized carbons (Fsp3) is 0.259. The largest absolute Gasteiger partial charge is 0.496 e. The lowest BCUT2D eigenvalue weighted by atomic mass is 9.83. The zero-order chi connectivity index (χ0) is 23.1.